The average Bonchev–Trinajstić information content (AvgIpc) is 3.42. The molecule has 1 atom stereocenters. The Kier molecular flexibility index (Phi) is 5.46. The molecule has 0 saturated carbocycles. The van der Waals surface area contributed by atoms with E-state index >= 15 is 0 Å². The first-order valence-electron chi connectivity index (χ1n) is 11.1. The van der Waals surface area contributed by atoms with E-state index in [-0.39, 0.29) is 24.9 Å². The maximum atomic E-state index is 13.5. The summed E-state index contributed by atoms with van der Waals surface area (Å²) in [6, 6.07) is 20.4. The second kappa shape index (κ2) is 8.58. The zero-order valence-electron chi connectivity index (χ0n) is 18.2. The van der Waals surface area contributed by atoms with Crippen molar-refractivity contribution in [1.29, 1.82) is 0 Å². The number of amides is 4. The topological polar surface area (TPSA) is 82.9 Å². The van der Waals surface area contributed by atoms with Gasteiger partial charge in [-0.1, -0.05) is 54.6 Å². The summed E-state index contributed by atoms with van der Waals surface area (Å²) in [7, 11) is 0. The van der Waals surface area contributed by atoms with Crippen molar-refractivity contribution in [2.24, 2.45) is 0 Å². The normalized spacial score (nSPS) is 19.5. The highest BCUT2D eigenvalue weighted by Crippen LogP contribution is 2.39. The molecule has 4 amide bonds. The fourth-order valence-electron chi connectivity index (χ4n) is 4.82. The van der Waals surface area contributed by atoms with Gasteiger partial charge in [0.25, 0.3) is 5.91 Å². The number of aryl methyl sites for hydroxylation is 1. The second-order valence-electron chi connectivity index (χ2n) is 8.55. The lowest BCUT2D eigenvalue weighted by molar-refractivity contribution is -0.140. The summed E-state index contributed by atoms with van der Waals surface area (Å²) < 4.78 is 5.44. The third kappa shape index (κ3) is 3.91. The second-order valence-corrected chi connectivity index (χ2v) is 8.55. The van der Waals surface area contributed by atoms with E-state index in [1.807, 2.05) is 54.6 Å². The van der Waals surface area contributed by atoms with Crippen molar-refractivity contribution in [3.05, 3.63) is 95.4 Å². The number of benzene rings is 2. The molecule has 1 saturated heterocycles. The van der Waals surface area contributed by atoms with Gasteiger partial charge >= 0.3 is 6.03 Å². The minimum atomic E-state index is -1.09. The highest BCUT2D eigenvalue weighted by Gasteiger charge is 2.54. The van der Waals surface area contributed by atoms with E-state index in [1.165, 1.54) is 0 Å². The largest absolute Gasteiger partial charge is 0.467 e. The maximum Gasteiger partial charge on any atom is 0.325 e. The molecule has 1 aliphatic heterocycles. The van der Waals surface area contributed by atoms with Crippen LogP contribution in [-0.2, 0) is 34.6 Å². The molecule has 7 nitrogen and oxygen atoms in total. The Labute approximate surface area is 192 Å². The number of rotatable bonds is 6. The van der Waals surface area contributed by atoms with Crippen LogP contribution in [0, 0.1) is 0 Å². The van der Waals surface area contributed by atoms with Gasteiger partial charge in [0.2, 0.25) is 5.91 Å². The molecule has 0 radical (unpaired) electrons. The van der Waals surface area contributed by atoms with Crippen LogP contribution < -0.4 is 5.32 Å². The van der Waals surface area contributed by atoms with E-state index in [0.29, 0.717) is 18.7 Å². The minimum absolute atomic E-state index is 0.248. The Hall–Kier alpha value is -3.87. The predicted octanol–water partition coefficient (Wildman–Crippen LogP) is 3.59. The van der Waals surface area contributed by atoms with Gasteiger partial charge in [-0.15, -0.1) is 0 Å². The smallest absolute Gasteiger partial charge is 0.325 e. The first kappa shape index (κ1) is 21.0. The first-order chi connectivity index (χ1) is 16.1. The van der Waals surface area contributed by atoms with Crippen molar-refractivity contribution in [2.75, 3.05) is 6.54 Å². The van der Waals surface area contributed by atoms with Crippen LogP contribution in [0.25, 0.3) is 0 Å². The molecule has 2 aromatic carbocycles. The van der Waals surface area contributed by atoms with Crippen LogP contribution in [0.2, 0.25) is 0 Å². The monoisotopic (exact) mass is 443 g/mol. The summed E-state index contributed by atoms with van der Waals surface area (Å²) in [6.07, 6.45) is 3.75. The number of urea groups is 1. The third-order valence-electron chi connectivity index (χ3n) is 6.44. The lowest BCUT2D eigenvalue weighted by Crippen LogP contribution is -2.47. The zero-order chi connectivity index (χ0) is 22.8. The fraction of sp³-hybridized carbons (Fsp3) is 0.269. The van der Waals surface area contributed by atoms with Crippen LogP contribution >= 0.6 is 0 Å². The standard InChI is InChI=1S/C26H25N3O4/c30-23(28(17-21-12-7-15-33-21)16-19-8-2-1-3-9-19)18-29-24(31)26(27-25(29)32)14-6-11-20-10-4-5-13-22(20)26/h1-5,7-10,12-13,15H,6,11,14,16-18H2,(H,27,32)/t26-/m0/s1. The molecule has 2 aliphatic rings. The quantitative estimate of drug-likeness (QED) is 0.590. The van der Waals surface area contributed by atoms with Gasteiger partial charge in [-0.2, -0.15) is 0 Å². The van der Waals surface area contributed by atoms with Gasteiger partial charge in [0.15, 0.2) is 0 Å². The molecule has 1 aliphatic carbocycles. The van der Waals surface area contributed by atoms with Crippen LogP contribution in [0.1, 0.15) is 35.3 Å². The number of carbonyl (C=O) groups is 3. The van der Waals surface area contributed by atoms with Gasteiger partial charge in [0.05, 0.1) is 12.8 Å². The van der Waals surface area contributed by atoms with Crippen molar-refractivity contribution in [2.45, 2.75) is 37.9 Å². The van der Waals surface area contributed by atoms with Crippen LogP contribution in [0.4, 0.5) is 4.79 Å². The van der Waals surface area contributed by atoms with E-state index in [0.717, 1.165) is 34.4 Å². The highest BCUT2D eigenvalue weighted by atomic mass is 16.3. The number of imide groups is 1. The minimum Gasteiger partial charge on any atom is -0.467 e. The summed E-state index contributed by atoms with van der Waals surface area (Å²) in [4.78, 5) is 42.5. The number of carbonyl (C=O) groups excluding carboxylic acids is 3. The predicted molar refractivity (Wildman–Crippen MR) is 121 cm³/mol. The number of furan rings is 1. The van der Waals surface area contributed by atoms with E-state index in [2.05, 4.69) is 5.32 Å². The van der Waals surface area contributed by atoms with Crippen molar-refractivity contribution in [3.63, 3.8) is 0 Å². The maximum absolute atomic E-state index is 13.5. The molecule has 7 heteroatoms. The van der Waals surface area contributed by atoms with Gasteiger partial charge in [-0.3, -0.25) is 14.5 Å². The van der Waals surface area contributed by atoms with Gasteiger partial charge in [0.1, 0.15) is 17.8 Å². The molecular formula is C26H25N3O4. The van der Waals surface area contributed by atoms with Gasteiger partial charge in [0, 0.05) is 6.54 Å². The first-order valence-corrected chi connectivity index (χ1v) is 11.1. The van der Waals surface area contributed by atoms with E-state index in [1.54, 1.807) is 23.3 Å². The van der Waals surface area contributed by atoms with Crippen molar-refractivity contribution in [1.82, 2.24) is 15.1 Å². The Morgan fingerprint density at radius 2 is 1.79 bits per heavy atom. The van der Waals surface area contributed by atoms with Gasteiger partial charge in [-0.05, 0) is 48.1 Å². The van der Waals surface area contributed by atoms with Crippen molar-refractivity contribution >= 4 is 17.8 Å². The number of hydrogen-bond donors (Lipinski definition) is 1. The number of fused-ring (bicyclic) bond motifs is 2. The third-order valence-corrected chi connectivity index (χ3v) is 6.44. The highest BCUT2D eigenvalue weighted by molar-refractivity contribution is 6.09. The molecule has 1 fully saturated rings. The van der Waals surface area contributed by atoms with E-state index in [9.17, 15) is 14.4 Å². The van der Waals surface area contributed by atoms with Crippen LogP contribution in [-0.4, -0.2) is 34.2 Å². The van der Waals surface area contributed by atoms with E-state index < -0.39 is 11.6 Å². The van der Waals surface area contributed by atoms with Gasteiger partial charge in [-0.25, -0.2) is 4.79 Å². The Morgan fingerprint density at radius 1 is 1.00 bits per heavy atom. The summed E-state index contributed by atoms with van der Waals surface area (Å²) >= 11 is 0. The van der Waals surface area contributed by atoms with E-state index in [4.69, 9.17) is 4.42 Å². The summed E-state index contributed by atoms with van der Waals surface area (Å²) in [5.74, 6) is -0.0419. The Morgan fingerprint density at radius 3 is 2.58 bits per heavy atom. The Bertz CT molecular complexity index is 1180. The molecule has 0 bridgehead atoms. The van der Waals surface area contributed by atoms with Crippen LogP contribution in [0.3, 0.4) is 0 Å². The van der Waals surface area contributed by atoms with Gasteiger partial charge < -0.3 is 14.6 Å². The summed E-state index contributed by atoms with van der Waals surface area (Å²) in [5.41, 5.74) is 1.76. The molecule has 5 rings (SSSR count). The molecule has 33 heavy (non-hydrogen) atoms. The SMILES string of the molecule is O=C(CN1C(=O)N[C@]2(CCCc3ccccc32)C1=O)N(Cc1ccccc1)Cc1ccco1. The average molecular weight is 444 g/mol. The molecule has 1 spiro atoms. The Balaban J connectivity index is 1.38. The van der Waals surface area contributed by atoms with Crippen LogP contribution in [0.5, 0.6) is 0 Å². The fourth-order valence-corrected chi connectivity index (χ4v) is 4.82. The van der Waals surface area contributed by atoms with Crippen molar-refractivity contribution < 1.29 is 18.8 Å². The molecular weight excluding hydrogens is 418 g/mol. The molecule has 2 heterocycles. The lowest BCUT2D eigenvalue weighted by Gasteiger charge is -2.33. The molecule has 3 aromatic rings. The molecule has 1 aromatic heterocycles. The van der Waals surface area contributed by atoms with Crippen molar-refractivity contribution in [3.8, 4) is 0 Å². The molecule has 1 N–H and O–H groups in total. The van der Waals surface area contributed by atoms with Crippen LogP contribution in [0.15, 0.2) is 77.4 Å². The lowest BCUT2D eigenvalue weighted by atomic mass is 9.76. The molecule has 0 unspecified atom stereocenters. The number of hydrogen-bond acceptors (Lipinski definition) is 4. The number of nitrogens with one attached hydrogen (secondary N) is 1. The summed E-state index contributed by atoms with van der Waals surface area (Å²) in [5, 5.41) is 2.91. The summed E-state index contributed by atoms with van der Waals surface area (Å²) in [6.45, 7) is 0.276. The molecule has 168 valence electrons. The number of nitrogens with zero attached hydrogens (tertiary/aromatic N) is 2. The zero-order valence-corrected chi connectivity index (χ0v) is 18.2.